The molecule has 0 spiro atoms. The quantitative estimate of drug-likeness (QED) is 0.0274. The minimum atomic E-state index is -4.41. The van der Waals surface area contributed by atoms with Crippen LogP contribution in [0.4, 0.5) is 0 Å². The molecule has 0 saturated heterocycles. The lowest BCUT2D eigenvalue weighted by Gasteiger charge is -2.19. The Morgan fingerprint density at radius 3 is 1.61 bits per heavy atom. The largest absolute Gasteiger partial charge is 0.472 e. The summed E-state index contributed by atoms with van der Waals surface area (Å²) >= 11 is 0. The molecule has 0 aromatic heterocycles. The number of hydrogen-bond acceptors (Lipinski definition) is 8. The first-order valence-corrected chi connectivity index (χ1v) is 22.1. The second kappa shape index (κ2) is 39.9. The lowest BCUT2D eigenvalue weighted by molar-refractivity contribution is -0.160. The van der Waals surface area contributed by atoms with Gasteiger partial charge in [0.2, 0.25) is 0 Å². The Morgan fingerprint density at radius 1 is 0.593 bits per heavy atom. The van der Waals surface area contributed by atoms with E-state index < -0.39 is 32.5 Å². The van der Waals surface area contributed by atoms with E-state index in [1.807, 2.05) is 12.2 Å². The maximum absolute atomic E-state index is 12.5. The van der Waals surface area contributed by atoms with Gasteiger partial charge in [-0.1, -0.05) is 150 Å². The molecule has 2 unspecified atom stereocenters. The monoisotopic (exact) mass is 776 g/mol. The fourth-order valence-electron chi connectivity index (χ4n) is 5.03. The SMILES string of the molecule is CC/C=C\C/C=C\C/C=C\C/C=C\C/C=C\CC(=O)OC(COC(=O)CCCCCCCCC/C=C\C/C=C\CCCCCC)COP(=O)(O)OCCN. The molecule has 0 aliphatic carbocycles. The van der Waals surface area contributed by atoms with Gasteiger partial charge >= 0.3 is 19.8 Å². The molecule has 308 valence electrons. The van der Waals surface area contributed by atoms with E-state index in [0.717, 1.165) is 57.8 Å². The predicted octanol–water partition coefficient (Wildman–Crippen LogP) is 11.7. The molecule has 3 N–H and O–H groups in total. The number of rotatable bonds is 37. The van der Waals surface area contributed by atoms with Crippen molar-refractivity contribution in [2.24, 2.45) is 5.73 Å². The van der Waals surface area contributed by atoms with E-state index in [4.69, 9.17) is 24.3 Å². The average Bonchev–Trinajstić information content (AvgIpc) is 3.16. The molecule has 0 aliphatic rings. The standard InChI is InChI=1S/C44H74NO8P/c1-3-5-7-9-11-13-15-17-19-20-21-23-24-26-28-30-32-34-36-43(46)50-40-42(41-52-54(48,49)51-39-38-45)53-44(47)37-35-33-31-29-27-25-22-18-16-14-12-10-8-6-4-2/h6,8,12-15,18-20,22,27,29,33,35,42H,3-5,7,9-11,16-17,21,23-26,28,30-32,34,36-41,45H2,1-2H3,(H,48,49)/b8-6-,14-12-,15-13-,20-19-,22-18-,29-27-,35-33-. The summed E-state index contributed by atoms with van der Waals surface area (Å²) in [6.07, 6.45) is 49.3. The first kappa shape index (κ1) is 51.2. The summed E-state index contributed by atoms with van der Waals surface area (Å²) < 4.78 is 32.6. The number of esters is 2. The molecule has 0 radical (unpaired) electrons. The number of ether oxygens (including phenoxy) is 2. The summed E-state index contributed by atoms with van der Waals surface area (Å²) in [5.41, 5.74) is 5.33. The Kier molecular flexibility index (Phi) is 37.8. The minimum Gasteiger partial charge on any atom is -0.462 e. The maximum Gasteiger partial charge on any atom is 0.472 e. The van der Waals surface area contributed by atoms with Crippen LogP contribution in [0.2, 0.25) is 0 Å². The van der Waals surface area contributed by atoms with Crippen LogP contribution in [0.15, 0.2) is 85.1 Å². The Morgan fingerprint density at radius 2 is 1.07 bits per heavy atom. The van der Waals surface area contributed by atoms with Gasteiger partial charge in [-0.15, -0.1) is 0 Å². The van der Waals surface area contributed by atoms with Crippen molar-refractivity contribution < 1.29 is 37.6 Å². The molecule has 0 aliphatic heterocycles. The van der Waals surface area contributed by atoms with Crippen molar-refractivity contribution in [1.29, 1.82) is 0 Å². The van der Waals surface area contributed by atoms with Crippen LogP contribution in [0, 0.1) is 0 Å². The van der Waals surface area contributed by atoms with Gasteiger partial charge < -0.3 is 20.1 Å². The van der Waals surface area contributed by atoms with E-state index in [1.165, 1.54) is 51.4 Å². The van der Waals surface area contributed by atoms with Crippen LogP contribution in [0.1, 0.15) is 149 Å². The van der Waals surface area contributed by atoms with E-state index >= 15 is 0 Å². The third kappa shape index (κ3) is 38.9. The first-order chi connectivity index (χ1) is 26.3. The molecule has 0 rings (SSSR count). The molecule has 0 heterocycles. The number of phosphoric acid groups is 1. The molecule has 0 saturated carbocycles. The molecule has 0 aromatic carbocycles. The Hall–Kier alpha value is -2.81. The van der Waals surface area contributed by atoms with Crippen molar-refractivity contribution in [3.05, 3.63) is 85.1 Å². The van der Waals surface area contributed by atoms with Gasteiger partial charge in [0.1, 0.15) is 6.61 Å². The van der Waals surface area contributed by atoms with Gasteiger partial charge in [-0.2, -0.15) is 0 Å². The number of carbonyl (C=O) groups is 2. The normalized spacial score (nSPS) is 14.2. The second-order valence-corrected chi connectivity index (χ2v) is 14.6. The van der Waals surface area contributed by atoms with Gasteiger partial charge in [-0.05, 0) is 70.6 Å². The molecule has 0 aromatic rings. The average molecular weight is 776 g/mol. The van der Waals surface area contributed by atoms with Crippen molar-refractivity contribution in [3.63, 3.8) is 0 Å². The Balaban J connectivity index is 4.32. The van der Waals surface area contributed by atoms with Crippen molar-refractivity contribution in [2.75, 3.05) is 26.4 Å². The van der Waals surface area contributed by atoms with Crippen LogP contribution in [0.3, 0.4) is 0 Å². The van der Waals surface area contributed by atoms with Crippen molar-refractivity contribution in [3.8, 4) is 0 Å². The van der Waals surface area contributed by atoms with Crippen LogP contribution in [0.25, 0.3) is 0 Å². The van der Waals surface area contributed by atoms with Crippen molar-refractivity contribution in [2.45, 2.75) is 155 Å². The highest BCUT2D eigenvalue weighted by molar-refractivity contribution is 7.47. The lowest BCUT2D eigenvalue weighted by atomic mass is 10.1. The van der Waals surface area contributed by atoms with Gasteiger partial charge in [0.05, 0.1) is 19.6 Å². The smallest absolute Gasteiger partial charge is 0.462 e. The van der Waals surface area contributed by atoms with Crippen LogP contribution in [-0.2, 0) is 32.7 Å². The molecule has 9 nitrogen and oxygen atoms in total. The zero-order chi connectivity index (χ0) is 39.6. The van der Waals surface area contributed by atoms with Gasteiger partial charge in [0, 0.05) is 13.0 Å². The topological polar surface area (TPSA) is 134 Å². The van der Waals surface area contributed by atoms with Gasteiger partial charge in [0.25, 0.3) is 0 Å². The third-order valence-corrected chi connectivity index (χ3v) is 9.03. The van der Waals surface area contributed by atoms with Crippen LogP contribution in [-0.4, -0.2) is 49.3 Å². The van der Waals surface area contributed by atoms with Crippen molar-refractivity contribution in [1.82, 2.24) is 0 Å². The zero-order valence-electron chi connectivity index (χ0n) is 33.7. The molecular formula is C44H74NO8P. The molecule has 0 bridgehead atoms. The van der Waals surface area contributed by atoms with Gasteiger partial charge in [0.15, 0.2) is 6.10 Å². The van der Waals surface area contributed by atoms with Crippen molar-refractivity contribution >= 4 is 19.8 Å². The summed E-state index contributed by atoms with van der Waals surface area (Å²) in [6, 6.07) is 0. The number of allylic oxidation sites excluding steroid dienone is 13. The third-order valence-electron chi connectivity index (χ3n) is 8.05. The number of unbranched alkanes of at least 4 members (excludes halogenated alkanes) is 11. The molecule has 10 heteroatoms. The van der Waals surface area contributed by atoms with Crippen LogP contribution in [0.5, 0.6) is 0 Å². The zero-order valence-corrected chi connectivity index (χ0v) is 34.6. The highest BCUT2D eigenvalue weighted by Crippen LogP contribution is 2.43. The molecule has 54 heavy (non-hydrogen) atoms. The Bertz CT molecular complexity index is 1160. The fourth-order valence-corrected chi connectivity index (χ4v) is 5.80. The van der Waals surface area contributed by atoms with Gasteiger partial charge in [-0.3, -0.25) is 18.6 Å². The predicted molar refractivity (Wildman–Crippen MR) is 224 cm³/mol. The summed E-state index contributed by atoms with van der Waals surface area (Å²) in [5.74, 6) is -0.994. The first-order valence-electron chi connectivity index (χ1n) is 20.6. The summed E-state index contributed by atoms with van der Waals surface area (Å²) in [4.78, 5) is 34.7. The van der Waals surface area contributed by atoms with E-state index in [1.54, 1.807) is 6.08 Å². The fraction of sp³-hybridized carbons (Fsp3) is 0.636. The number of hydrogen-bond donors (Lipinski definition) is 2. The lowest BCUT2D eigenvalue weighted by Crippen LogP contribution is -2.29. The van der Waals surface area contributed by atoms with E-state index in [0.29, 0.717) is 12.8 Å². The molecule has 2 atom stereocenters. The summed E-state index contributed by atoms with van der Waals surface area (Å²) in [5, 5.41) is 0. The Labute approximate surface area is 328 Å². The highest BCUT2D eigenvalue weighted by Gasteiger charge is 2.25. The maximum atomic E-state index is 12.5. The number of phosphoric ester groups is 1. The number of carbonyl (C=O) groups excluding carboxylic acids is 2. The van der Waals surface area contributed by atoms with E-state index in [2.05, 4.69) is 80.7 Å². The van der Waals surface area contributed by atoms with Gasteiger partial charge in [-0.25, -0.2) is 4.57 Å². The minimum absolute atomic E-state index is 0.00790. The highest BCUT2D eigenvalue weighted by atomic mass is 31.2. The molecule has 0 fully saturated rings. The van der Waals surface area contributed by atoms with E-state index in [-0.39, 0.29) is 32.6 Å². The second-order valence-electron chi connectivity index (χ2n) is 13.1. The molecule has 0 amide bonds. The van der Waals surface area contributed by atoms with Crippen LogP contribution >= 0.6 is 7.82 Å². The number of nitrogens with two attached hydrogens (primary N) is 1. The van der Waals surface area contributed by atoms with Crippen LogP contribution < -0.4 is 5.73 Å². The summed E-state index contributed by atoms with van der Waals surface area (Å²) in [6.45, 7) is 3.45. The van der Waals surface area contributed by atoms with E-state index in [9.17, 15) is 19.0 Å². The summed E-state index contributed by atoms with van der Waals surface area (Å²) in [7, 11) is -4.41. The molecular weight excluding hydrogens is 701 g/mol.